The minimum atomic E-state index is -0.802. The van der Waals surface area contributed by atoms with Gasteiger partial charge in [-0.1, -0.05) is 6.07 Å². The number of non-ortho nitro benzene ring substituents is 1. The second-order valence-corrected chi connectivity index (χ2v) is 7.93. The van der Waals surface area contributed by atoms with Crippen molar-refractivity contribution in [3.05, 3.63) is 82.2 Å². The van der Waals surface area contributed by atoms with E-state index in [0.717, 1.165) is 42.8 Å². The first-order valence-corrected chi connectivity index (χ1v) is 10.8. The Balaban J connectivity index is 1.16. The van der Waals surface area contributed by atoms with Crippen LogP contribution in [0.15, 0.2) is 60.7 Å². The summed E-state index contributed by atoms with van der Waals surface area (Å²) in [7, 11) is 0. The van der Waals surface area contributed by atoms with E-state index in [2.05, 4.69) is 10.2 Å². The third-order valence-electron chi connectivity index (χ3n) is 5.52. The number of hydrogen-bond acceptors (Lipinski definition) is 8. The molecule has 2 aliphatic rings. The molecule has 0 saturated carbocycles. The highest BCUT2D eigenvalue weighted by atomic mass is 19.1. The summed E-state index contributed by atoms with van der Waals surface area (Å²) in [4.78, 5) is 12.4. The van der Waals surface area contributed by atoms with E-state index < -0.39 is 10.7 Å². The minimum absolute atomic E-state index is 0.0904. The van der Waals surface area contributed by atoms with Gasteiger partial charge in [-0.05, 0) is 48.0 Å². The molecule has 5 rings (SSSR count). The van der Waals surface area contributed by atoms with E-state index in [1.165, 1.54) is 12.1 Å². The average molecular weight is 467 g/mol. The van der Waals surface area contributed by atoms with E-state index in [-0.39, 0.29) is 24.5 Å². The molecule has 2 aliphatic heterocycles. The summed E-state index contributed by atoms with van der Waals surface area (Å²) in [6.07, 6.45) is -0.193. The predicted octanol–water partition coefficient (Wildman–Crippen LogP) is 4.07. The van der Waals surface area contributed by atoms with E-state index in [1.54, 1.807) is 24.3 Å². The Labute approximate surface area is 194 Å². The van der Waals surface area contributed by atoms with Crippen LogP contribution in [0.2, 0.25) is 0 Å². The van der Waals surface area contributed by atoms with Crippen LogP contribution >= 0.6 is 0 Å². The van der Waals surface area contributed by atoms with Gasteiger partial charge in [-0.25, -0.2) is 4.39 Å². The van der Waals surface area contributed by atoms with Crippen molar-refractivity contribution < 1.29 is 28.3 Å². The van der Waals surface area contributed by atoms with Gasteiger partial charge >= 0.3 is 0 Å². The Hall–Kier alpha value is -3.89. The highest BCUT2D eigenvalue weighted by molar-refractivity contribution is 5.44. The Kier molecular flexibility index (Phi) is 6.15. The first kappa shape index (κ1) is 21.9. The van der Waals surface area contributed by atoms with Crippen LogP contribution in [-0.2, 0) is 6.54 Å². The number of ether oxygens (including phenoxy) is 4. The molecule has 0 radical (unpaired) electrons. The largest absolute Gasteiger partial charge is 0.474 e. The lowest BCUT2D eigenvalue weighted by atomic mass is 10.1. The van der Waals surface area contributed by atoms with E-state index >= 15 is 0 Å². The zero-order valence-corrected chi connectivity index (χ0v) is 18.1. The van der Waals surface area contributed by atoms with Crippen molar-refractivity contribution in [1.29, 1.82) is 0 Å². The van der Waals surface area contributed by atoms with Crippen molar-refractivity contribution >= 4 is 5.69 Å². The SMILES string of the molecule is O=[N+]([O-])c1ccc(Oc2ccc(OC3CN(Cc4ccc5c(c4)OCO5)CCN3)cc2)c(F)c1. The summed E-state index contributed by atoms with van der Waals surface area (Å²) in [6, 6.07) is 16.0. The Morgan fingerprint density at radius 1 is 1.06 bits per heavy atom. The smallest absolute Gasteiger partial charge is 0.272 e. The van der Waals surface area contributed by atoms with Gasteiger partial charge in [0.2, 0.25) is 6.79 Å². The number of fused-ring (bicyclic) bond motifs is 1. The monoisotopic (exact) mass is 467 g/mol. The summed E-state index contributed by atoms with van der Waals surface area (Å²) in [5, 5.41) is 14.1. The number of nitro groups is 1. The van der Waals surface area contributed by atoms with Crippen LogP contribution in [-0.4, -0.2) is 42.5 Å². The minimum Gasteiger partial charge on any atom is -0.474 e. The van der Waals surface area contributed by atoms with Crippen LogP contribution in [0.25, 0.3) is 0 Å². The Morgan fingerprint density at radius 3 is 2.65 bits per heavy atom. The molecule has 0 aliphatic carbocycles. The normalized spacial score (nSPS) is 17.4. The molecule has 0 spiro atoms. The molecule has 1 saturated heterocycles. The number of nitrogens with one attached hydrogen (secondary N) is 1. The number of halogens is 1. The summed E-state index contributed by atoms with van der Waals surface area (Å²) < 4.78 is 36.5. The van der Waals surface area contributed by atoms with Crippen LogP contribution in [0.3, 0.4) is 0 Å². The predicted molar refractivity (Wildman–Crippen MR) is 120 cm³/mol. The van der Waals surface area contributed by atoms with Crippen LogP contribution in [0.5, 0.6) is 28.7 Å². The third kappa shape index (κ3) is 5.03. The molecular weight excluding hydrogens is 445 g/mol. The van der Waals surface area contributed by atoms with Gasteiger partial charge in [0.05, 0.1) is 11.0 Å². The second-order valence-electron chi connectivity index (χ2n) is 7.93. The lowest BCUT2D eigenvalue weighted by molar-refractivity contribution is -0.385. The standard InChI is InChI=1S/C24H22FN3O6/c25-20-12-17(28(29)30)2-8-21(20)33-18-3-5-19(6-4-18)34-24-14-27(10-9-26-24)13-16-1-7-22-23(11-16)32-15-31-22/h1-8,11-12,24,26H,9-10,13-15H2. The summed E-state index contributed by atoms with van der Waals surface area (Å²) in [5.41, 5.74) is 0.811. The molecule has 9 nitrogen and oxygen atoms in total. The number of benzene rings is 3. The fraction of sp³-hybridized carbons (Fsp3) is 0.250. The molecule has 3 aromatic carbocycles. The first-order chi connectivity index (χ1) is 16.5. The number of nitrogens with zero attached hydrogens (tertiary/aromatic N) is 2. The van der Waals surface area contributed by atoms with Crippen molar-refractivity contribution in [2.75, 3.05) is 26.4 Å². The third-order valence-corrected chi connectivity index (χ3v) is 5.52. The molecule has 1 fully saturated rings. The van der Waals surface area contributed by atoms with E-state index in [4.69, 9.17) is 18.9 Å². The van der Waals surface area contributed by atoms with E-state index in [0.29, 0.717) is 18.0 Å². The van der Waals surface area contributed by atoms with Crippen LogP contribution < -0.4 is 24.3 Å². The lowest BCUT2D eigenvalue weighted by Crippen LogP contribution is -2.52. The maximum Gasteiger partial charge on any atom is 0.272 e. The molecule has 3 aromatic rings. The van der Waals surface area contributed by atoms with Crippen molar-refractivity contribution in [3.8, 4) is 28.7 Å². The lowest BCUT2D eigenvalue weighted by Gasteiger charge is -2.33. The summed E-state index contributed by atoms with van der Waals surface area (Å²) in [6.45, 7) is 3.40. The maximum absolute atomic E-state index is 14.1. The molecule has 34 heavy (non-hydrogen) atoms. The molecule has 2 heterocycles. The van der Waals surface area contributed by atoms with Crippen molar-refractivity contribution in [1.82, 2.24) is 10.2 Å². The van der Waals surface area contributed by atoms with Gasteiger partial charge in [0.15, 0.2) is 29.3 Å². The zero-order valence-electron chi connectivity index (χ0n) is 18.1. The number of piperazine rings is 1. The molecule has 0 amide bonds. The molecule has 0 aromatic heterocycles. The highest BCUT2D eigenvalue weighted by Crippen LogP contribution is 2.33. The van der Waals surface area contributed by atoms with Gasteiger partial charge < -0.3 is 18.9 Å². The van der Waals surface area contributed by atoms with E-state index in [9.17, 15) is 14.5 Å². The van der Waals surface area contributed by atoms with Crippen molar-refractivity contribution in [2.24, 2.45) is 0 Å². The fourth-order valence-electron chi connectivity index (χ4n) is 3.86. The molecule has 10 heteroatoms. The molecule has 0 bridgehead atoms. The number of hydrogen-bond donors (Lipinski definition) is 1. The molecule has 176 valence electrons. The van der Waals surface area contributed by atoms with Crippen LogP contribution in [0, 0.1) is 15.9 Å². The Morgan fingerprint density at radius 2 is 1.85 bits per heavy atom. The Bertz CT molecular complexity index is 1190. The molecular formula is C24H22FN3O6. The van der Waals surface area contributed by atoms with Gasteiger partial charge in [-0.15, -0.1) is 0 Å². The molecule has 1 N–H and O–H groups in total. The van der Waals surface area contributed by atoms with Crippen LogP contribution in [0.4, 0.5) is 10.1 Å². The average Bonchev–Trinajstić information content (AvgIpc) is 3.30. The number of nitro benzene ring substituents is 1. The molecule has 1 atom stereocenters. The second kappa shape index (κ2) is 9.54. The number of rotatable bonds is 7. The van der Waals surface area contributed by atoms with Gasteiger partial charge in [-0.2, -0.15) is 0 Å². The van der Waals surface area contributed by atoms with Crippen molar-refractivity contribution in [2.45, 2.75) is 12.8 Å². The van der Waals surface area contributed by atoms with Gasteiger partial charge in [0, 0.05) is 32.2 Å². The van der Waals surface area contributed by atoms with Gasteiger partial charge in [0.25, 0.3) is 5.69 Å². The molecule has 1 unspecified atom stereocenters. The summed E-state index contributed by atoms with van der Waals surface area (Å²) in [5.74, 6) is 1.68. The summed E-state index contributed by atoms with van der Waals surface area (Å²) >= 11 is 0. The van der Waals surface area contributed by atoms with Crippen molar-refractivity contribution in [3.63, 3.8) is 0 Å². The highest BCUT2D eigenvalue weighted by Gasteiger charge is 2.22. The maximum atomic E-state index is 14.1. The zero-order chi connectivity index (χ0) is 23.5. The topological polar surface area (TPSA) is 95.3 Å². The quantitative estimate of drug-likeness (QED) is 0.411. The fourth-order valence-corrected chi connectivity index (χ4v) is 3.86. The van der Waals surface area contributed by atoms with E-state index in [1.807, 2.05) is 18.2 Å². The first-order valence-electron chi connectivity index (χ1n) is 10.8. The van der Waals surface area contributed by atoms with Gasteiger partial charge in [0.1, 0.15) is 11.5 Å². The van der Waals surface area contributed by atoms with Crippen LogP contribution in [0.1, 0.15) is 5.56 Å². The van der Waals surface area contributed by atoms with Gasteiger partial charge in [-0.3, -0.25) is 20.3 Å².